The summed E-state index contributed by atoms with van der Waals surface area (Å²) in [6.45, 7) is 11.3. The van der Waals surface area contributed by atoms with Gasteiger partial charge in [0, 0.05) is 19.3 Å². The standard InChI is InChI=1S/C51H98O6/c1-6-7-8-9-10-11-20-26-31-36-41-49(52)55-44-48(57-51(54)43-38-33-28-23-22-25-30-35-40-47(4)5)45-56-50(53)42-37-32-27-21-18-16-14-12-13-15-17-19-24-29-34-39-46(2)3/h46-48H,6-45H2,1-5H3/t48-/m0/s1. The van der Waals surface area contributed by atoms with Crippen LogP contribution in [0.15, 0.2) is 0 Å². The lowest BCUT2D eigenvalue weighted by molar-refractivity contribution is -0.167. The highest BCUT2D eigenvalue weighted by atomic mass is 16.6. The van der Waals surface area contributed by atoms with E-state index in [9.17, 15) is 14.4 Å². The topological polar surface area (TPSA) is 78.9 Å². The summed E-state index contributed by atoms with van der Waals surface area (Å²) in [6, 6.07) is 0. The molecule has 0 saturated heterocycles. The van der Waals surface area contributed by atoms with E-state index in [0.717, 1.165) is 69.6 Å². The van der Waals surface area contributed by atoms with Crippen molar-refractivity contribution in [1.29, 1.82) is 0 Å². The van der Waals surface area contributed by atoms with Crippen molar-refractivity contribution in [2.45, 2.75) is 285 Å². The second kappa shape index (κ2) is 44.0. The Morgan fingerprint density at radius 1 is 0.333 bits per heavy atom. The van der Waals surface area contributed by atoms with Gasteiger partial charge in [-0.1, -0.05) is 240 Å². The number of carbonyl (C=O) groups excluding carboxylic acids is 3. The Morgan fingerprint density at radius 2 is 0.579 bits per heavy atom. The molecule has 0 spiro atoms. The van der Waals surface area contributed by atoms with Gasteiger partial charge < -0.3 is 14.2 Å². The zero-order valence-corrected chi connectivity index (χ0v) is 39.0. The smallest absolute Gasteiger partial charge is 0.306 e. The molecule has 0 heterocycles. The van der Waals surface area contributed by atoms with Crippen LogP contribution in [-0.2, 0) is 28.6 Å². The summed E-state index contributed by atoms with van der Waals surface area (Å²) in [5, 5.41) is 0. The van der Waals surface area contributed by atoms with Crippen LogP contribution in [-0.4, -0.2) is 37.2 Å². The van der Waals surface area contributed by atoms with Crippen LogP contribution < -0.4 is 0 Å². The Morgan fingerprint density at radius 3 is 0.860 bits per heavy atom. The summed E-state index contributed by atoms with van der Waals surface area (Å²) in [5.74, 6) is 0.789. The van der Waals surface area contributed by atoms with Crippen molar-refractivity contribution >= 4 is 17.9 Å². The van der Waals surface area contributed by atoms with Crippen molar-refractivity contribution in [3.8, 4) is 0 Å². The quantitative estimate of drug-likeness (QED) is 0.0346. The molecule has 0 aliphatic carbocycles. The molecular formula is C51H98O6. The molecule has 0 aromatic rings. The van der Waals surface area contributed by atoms with Gasteiger partial charge in [-0.2, -0.15) is 0 Å². The molecule has 0 aromatic carbocycles. The lowest BCUT2D eigenvalue weighted by Gasteiger charge is -2.18. The largest absolute Gasteiger partial charge is 0.462 e. The van der Waals surface area contributed by atoms with Gasteiger partial charge in [0.2, 0.25) is 0 Å². The van der Waals surface area contributed by atoms with E-state index in [2.05, 4.69) is 34.6 Å². The Balaban J connectivity index is 4.24. The molecule has 0 fully saturated rings. The second-order valence-electron chi connectivity index (χ2n) is 18.4. The van der Waals surface area contributed by atoms with Crippen molar-refractivity contribution in [3.63, 3.8) is 0 Å². The molecular weight excluding hydrogens is 709 g/mol. The molecule has 0 radical (unpaired) electrons. The molecule has 0 aliphatic heterocycles. The molecule has 0 unspecified atom stereocenters. The van der Waals surface area contributed by atoms with Crippen LogP contribution in [0.2, 0.25) is 0 Å². The Labute approximate surface area is 355 Å². The van der Waals surface area contributed by atoms with Crippen LogP contribution in [0.4, 0.5) is 0 Å². The predicted octanol–water partition coefficient (Wildman–Crippen LogP) is 16.1. The molecule has 0 aliphatic rings. The number of carbonyl (C=O) groups is 3. The summed E-state index contributed by atoms with van der Waals surface area (Å²) in [7, 11) is 0. The van der Waals surface area contributed by atoms with Crippen LogP contribution in [0.1, 0.15) is 279 Å². The van der Waals surface area contributed by atoms with E-state index >= 15 is 0 Å². The fraction of sp³-hybridized carbons (Fsp3) is 0.941. The number of esters is 3. The molecule has 0 saturated carbocycles. The van der Waals surface area contributed by atoms with Gasteiger partial charge in [-0.25, -0.2) is 0 Å². The summed E-state index contributed by atoms with van der Waals surface area (Å²) in [5.41, 5.74) is 0. The first-order chi connectivity index (χ1) is 27.7. The average Bonchev–Trinajstić information content (AvgIpc) is 3.18. The van der Waals surface area contributed by atoms with Gasteiger partial charge in [-0.3, -0.25) is 14.4 Å². The molecule has 6 heteroatoms. The van der Waals surface area contributed by atoms with Gasteiger partial charge >= 0.3 is 17.9 Å². The summed E-state index contributed by atoms with van der Waals surface area (Å²) in [6.07, 6.45) is 43.8. The Bertz CT molecular complexity index is 870. The minimum absolute atomic E-state index is 0.0643. The van der Waals surface area contributed by atoms with Crippen LogP contribution in [0, 0.1) is 11.8 Å². The van der Waals surface area contributed by atoms with E-state index in [1.165, 1.54) is 167 Å². The monoisotopic (exact) mass is 807 g/mol. The maximum Gasteiger partial charge on any atom is 0.306 e. The normalized spacial score (nSPS) is 12.1. The van der Waals surface area contributed by atoms with Gasteiger partial charge in [0.05, 0.1) is 0 Å². The van der Waals surface area contributed by atoms with Crippen molar-refractivity contribution in [1.82, 2.24) is 0 Å². The van der Waals surface area contributed by atoms with Crippen LogP contribution >= 0.6 is 0 Å². The molecule has 338 valence electrons. The van der Waals surface area contributed by atoms with E-state index in [1.54, 1.807) is 0 Å². The van der Waals surface area contributed by atoms with E-state index in [1.807, 2.05) is 0 Å². The van der Waals surface area contributed by atoms with Crippen molar-refractivity contribution < 1.29 is 28.6 Å². The number of ether oxygens (including phenoxy) is 3. The number of hydrogen-bond donors (Lipinski definition) is 0. The van der Waals surface area contributed by atoms with Crippen LogP contribution in [0.25, 0.3) is 0 Å². The molecule has 0 rings (SSSR count). The lowest BCUT2D eigenvalue weighted by atomic mass is 10.0. The zero-order valence-electron chi connectivity index (χ0n) is 39.0. The third-order valence-electron chi connectivity index (χ3n) is 11.5. The third-order valence-corrected chi connectivity index (χ3v) is 11.5. The van der Waals surface area contributed by atoms with E-state index < -0.39 is 6.10 Å². The fourth-order valence-electron chi connectivity index (χ4n) is 7.64. The first-order valence-electron chi connectivity index (χ1n) is 25.2. The molecule has 0 amide bonds. The molecule has 6 nitrogen and oxygen atoms in total. The summed E-state index contributed by atoms with van der Waals surface area (Å²) >= 11 is 0. The molecule has 0 bridgehead atoms. The number of unbranched alkanes of at least 4 members (excludes halogenated alkanes) is 30. The first-order valence-corrected chi connectivity index (χ1v) is 25.2. The van der Waals surface area contributed by atoms with E-state index in [-0.39, 0.29) is 31.1 Å². The average molecular weight is 807 g/mol. The Kier molecular flexibility index (Phi) is 42.7. The number of rotatable bonds is 45. The predicted molar refractivity (Wildman–Crippen MR) is 243 cm³/mol. The number of hydrogen-bond acceptors (Lipinski definition) is 6. The fourth-order valence-corrected chi connectivity index (χ4v) is 7.64. The van der Waals surface area contributed by atoms with Crippen LogP contribution in [0.3, 0.4) is 0 Å². The third kappa shape index (κ3) is 45.3. The maximum atomic E-state index is 12.7. The maximum absolute atomic E-state index is 12.7. The van der Waals surface area contributed by atoms with Gasteiger partial charge in [0.25, 0.3) is 0 Å². The second-order valence-corrected chi connectivity index (χ2v) is 18.4. The molecule has 0 N–H and O–H groups in total. The highest BCUT2D eigenvalue weighted by Crippen LogP contribution is 2.17. The van der Waals surface area contributed by atoms with Gasteiger partial charge in [0.1, 0.15) is 13.2 Å². The highest BCUT2D eigenvalue weighted by Gasteiger charge is 2.19. The van der Waals surface area contributed by atoms with Gasteiger partial charge in [-0.15, -0.1) is 0 Å². The summed E-state index contributed by atoms with van der Waals surface area (Å²) < 4.78 is 16.8. The lowest BCUT2D eigenvalue weighted by Crippen LogP contribution is -2.30. The Hall–Kier alpha value is -1.59. The molecule has 1 atom stereocenters. The summed E-state index contributed by atoms with van der Waals surface area (Å²) in [4.78, 5) is 37.8. The molecule has 0 aromatic heterocycles. The van der Waals surface area contributed by atoms with Crippen molar-refractivity contribution in [3.05, 3.63) is 0 Å². The van der Waals surface area contributed by atoms with Crippen molar-refractivity contribution in [2.24, 2.45) is 11.8 Å². The zero-order chi connectivity index (χ0) is 41.9. The highest BCUT2D eigenvalue weighted by molar-refractivity contribution is 5.71. The van der Waals surface area contributed by atoms with Gasteiger partial charge in [0.15, 0.2) is 6.10 Å². The SMILES string of the molecule is CCCCCCCCCCCCC(=O)OC[C@@H](COC(=O)CCCCCCCCCCCCCCCCCC(C)C)OC(=O)CCCCCCCCCCC(C)C. The minimum Gasteiger partial charge on any atom is -0.462 e. The van der Waals surface area contributed by atoms with E-state index in [0.29, 0.717) is 19.3 Å². The molecule has 57 heavy (non-hydrogen) atoms. The minimum atomic E-state index is -0.761. The van der Waals surface area contributed by atoms with E-state index in [4.69, 9.17) is 14.2 Å². The van der Waals surface area contributed by atoms with Crippen LogP contribution in [0.5, 0.6) is 0 Å². The first kappa shape index (κ1) is 55.4. The van der Waals surface area contributed by atoms with Gasteiger partial charge in [-0.05, 0) is 31.1 Å². The van der Waals surface area contributed by atoms with Crippen molar-refractivity contribution in [2.75, 3.05) is 13.2 Å².